The monoisotopic (exact) mass is 356 g/mol. The maximum absolute atomic E-state index is 13.2. The van der Waals surface area contributed by atoms with Crippen LogP contribution in [-0.2, 0) is 6.54 Å². The first-order chi connectivity index (χ1) is 13.3. The lowest BCUT2D eigenvalue weighted by molar-refractivity contribution is 0.824. The molecule has 3 heterocycles. The van der Waals surface area contributed by atoms with Crippen molar-refractivity contribution in [2.24, 2.45) is 0 Å². The number of para-hydroxylation sites is 3. The Balaban J connectivity index is 1.68. The van der Waals surface area contributed by atoms with E-state index in [0.717, 1.165) is 27.6 Å². The van der Waals surface area contributed by atoms with E-state index in [9.17, 15) is 4.79 Å². The minimum Gasteiger partial charge on any atom is -0.347 e. The molecule has 0 bridgehead atoms. The van der Waals surface area contributed by atoms with Crippen LogP contribution < -0.4 is 11.0 Å². The van der Waals surface area contributed by atoms with Crippen molar-refractivity contribution in [3.8, 4) is 11.4 Å². The molecule has 27 heavy (non-hydrogen) atoms. The molecule has 5 rings (SSSR count). The predicted octanol–water partition coefficient (Wildman–Crippen LogP) is 3.01. The minimum absolute atomic E-state index is 0.160. The van der Waals surface area contributed by atoms with Crippen molar-refractivity contribution in [1.29, 1.82) is 0 Å². The molecule has 0 spiro atoms. The van der Waals surface area contributed by atoms with E-state index < -0.39 is 0 Å². The number of aromatic amines is 2. The summed E-state index contributed by atoms with van der Waals surface area (Å²) >= 11 is 0. The average molecular weight is 356 g/mol. The van der Waals surface area contributed by atoms with Crippen molar-refractivity contribution < 1.29 is 0 Å². The summed E-state index contributed by atoms with van der Waals surface area (Å²) in [6.45, 7) is 0.452. The van der Waals surface area contributed by atoms with Crippen LogP contribution >= 0.6 is 0 Å². The van der Waals surface area contributed by atoms with Crippen molar-refractivity contribution in [2.45, 2.75) is 6.54 Å². The maximum Gasteiger partial charge on any atom is 0.280 e. The first kappa shape index (κ1) is 15.4. The van der Waals surface area contributed by atoms with E-state index in [4.69, 9.17) is 0 Å². The van der Waals surface area contributed by atoms with E-state index in [0.29, 0.717) is 17.9 Å². The number of pyridine rings is 1. The van der Waals surface area contributed by atoms with Gasteiger partial charge in [0.25, 0.3) is 5.56 Å². The molecule has 0 aliphatic rings. The molecule has 3 aromatic heterocycles. The van der Waals surface area contributed by atoms with Crippen LogP contribution in [-0.4, -0.2) is 24.6 Å². The molecule has 132 valence electrons. The number of hydrogen-bond donors (Lipinski definition) is 3. The summed E-state index contributed by atoms with van der Waals surface area (Å²) < 4.78 is 1.57. The number of aromatic nitrogens is 5. The van der Waals surface area contributed by atoms with E-state index >= 15 is 0 Å². The van der Waals surface area contributed by atoms with Gasteiger partial charge in [0.15, 0.2) is 0 Å². The molecule has 0 saturated heterocycles. The number of imidazole rings is 2. The number of rotatable bonds is 4. The highest BCUT2D eigenvalue weighted by atomic mass is 16.1. The quantitative estimate of drug-likeness (QED) is 0.462. The Kier molecular flexibility index (Phi) is 3.50. The third-order valence-electron chi connectivity index (χ3n) is 4.54. The number of nitrogens with zero attached hydrogens (tertiary/aromatic N) is 3. The van der Waals surface area contributed by atoms with E-state index in [1.165, 1.54) is 0 Å². The summed E-state index contributed by atoms with van der Waals surface area (Å²) in [5.41, 5.74) is 6.98. The second-order valence-corrected chi connectivity index (χ2v) is 6.27. The summed E-state index contributed by atoms with van der Waals surface area (Å²) in [6.07, 6.45) is 3.34. The van der Waals surface area contributed by atoms with Crippen LogP contribution in [0.2, 0.25) is 0 Å². The third-order valence-corrected chi connectivity index (χ3v) is 4.54. The standard InChI is InChI=1S/C20H16N6O/c27-20-15(19-24-16-6-2-3-7-17(16)25-19)9-13-5-1-4-8-18(13)26(20)23-11-14-10-21-12-22-14/h1-10,12,23H,11H2,(H,21,22)(H,24,25). The lowest BCUT2D eigenvalue weighted by Crippen LogP contribution is -2.30. The summed E-state index contributed by atoms with van der Waals surface area (Å²) in [5.74, 6) is 0.559. The fourth-order valence-corrected chi connectivity index (χ4v) is 3.21. The Morgan fingerprint density at radius 1 is 1.07 bits per heavy atom. The van der Waals surface area contributed by atoms with Gasteiger partial charge in [0.1, 0.15) is 5.82 Å². The zero-order valence-electron chi connectivity index (χ0n) is 14.3. The Morgan fingerprint density at radius 3 is 2.78 bits per heavy atom. The molecule has 0 amide bonds. The van der Waals surface area contributed by atoms with Gasteiger partial charge in [-0.25, -0.2) is 14.6 Å². The van der Waals surface area contributed by atoms with Crippen molar-refractivity contribution in [2.75, 3.05) is 5.43 Å². The van der Waals surface area contributed by atoms with Gasteiger partial charge in [0.05, 0.1) is 40.7 Å². The molecule has 0 fully saturated rings. The van der Waals surface area contributed by atoms with Gasteiger partial charge in [-0.1, -0.05) is 30.3 Å². The van der Waals surface area contributed by atoms with E-state index in [2.05, 4.69) is 25.4 Å². The van der Waals surface area contributed by atoms with E-state index in [-0.39, 0.29) is 5.56 Å². The molecule has 0 unspecified atom stereocenters. The highest BCUT2D eigenvalue weighted by molar-refractivity contribution is 5.85. The van der Waals surface area contributed by atoms with Gasteiger partial charge in [0, 0.05) is 11.6 Å². The van der Waals surface area contributed by atoms with Crippen LogP contribution in [0.4, 0.5) is 0 Å². The highest BCUT2D eigenvalue weighted by Crippen LogP contribution is 2.21. The van der Waals surface area contributed by atoms with Crippen molar-refractivity contribution in [3.05, 3.63) is 83.2 Å². The zero-order chi connectivity index (χ0) is 18.2. The predicted molar refractivity (Wildman–Crippen MR) is 105 cm³/mol. The Hall–Kier alpha value is -3.87. The smallest absolute Gasteiger partial charge is 0.280 e. The molecular formula is C20H16N6O. The van der Waals surface area contributed by atoms with E-state index in [1.54, 1.807) is 17.2 Å². The van der Waals surface area contributed by atoms with Crippen LogP contribution in [0.25, 0.3) is 33.3 Å². The fraction of sp³-hybridized carbons (Fsp3) is 0.0500. The van der Waals surface area contributed by atoms with Gasteiger partial charge in [0.2, 0.25) is 0 Å². The van der Waals surface area contributed by atoms with Crippen LogP contribution in [0.5, 0.6) is 0 Å². The lowest BCUT2D eigenvalue weighted by atomic mass is 10.1. The molecule has 5 aromatic rings. The van der Waals surface area contributed by atoms with Gasteiger partial charge in [-0.3, -0.25) is 4.79 Å². The van der Waals surface area contributed by atoms with Crippen molar-refractivity contribution in [1.82, 2.24) is 24.6 Å². The number of benzene rings is 2. The van der Waals surface area contributed by atoms with Gasteiger partial charge in [-0.15, -0.1) is 0 Å². The number of fused-ring (bicyclic) bond motifs is 2. The molecule has 0 aliphatic carbocycles. The SMILES string of the molecule is O=c1c(-c2nc3ccccc3[nH]2)cc2ccccc2n1NCc1cnc[nH]1. The molecule has 0 atom stereocenters. The molecule has 3 N–H and O–H groups in total. The lowest BCUT2D eigenvalue weighted by Gasteiger charge is -2.13. The van der Waals surface area contributed by atoms with Gasteiger partial charge in [-0.2, -0.15) is 0 Å². The summed E-state index contributed by atoms with van der Waals surface area (Å²) in [4.78, 5) is 28.1. The number of H-pyrrole nitrogens is 2. The minimum atomic E-state index is -0.160. The van der Waals surface area contributed by atoms with Gasteiger partial charge in [-0.05, 0) is 24.3 Å². The van der Waals surface area contributed by atoms with Crippen molar-refractivity contribution in [3.63, 3.8) is 0 Å². The second-order valence-electron chi connectivity index (χ2n) is 6.27. The topological polar surface area (TPSA) is 91.4 Å². The van der Waals surface area contributed by atoms with Crippen LogP contribution in [0.3, 0.4) is 0 Å². The van der Waals surface area contributed by atoms with E-state index in [1.807, 2.05) is 54.6 Å². The molecule has 7 heteroatoms. The Labute approximate surface area is 153 Å². The average Bonchev–Trinajstić information content (AvgIpc) is 3.36. The zero-order valence-corrected chi connectivity index (χ0v) is 14.3. The molecule has 0 saturated carbocycles. The van der Waals surface area contributed by atoms with Crippen molar-refractivity contribution >= 4 is 21.9 Å². The van der Waals surface area contributed by atoms with Gasteiger partial charge >= 0.3 is 0 Å². The summed E-state index contributed by atoms with van der Waals surface area (Å²) in [7, 11) is 0. The molecule has 2 aromatic carbocycles. The van der Waals surface area contributed by atoms with Gasteiger partial charge < -0.3 is 15.4 Å². The summed E-state index contributed by atoms with van der Waals surface area (Å²) in [6, 6.07) is 17.4. The Bertz CT molecular complexity index is 1270. The molecule has 0 aliphatic heterocycles. The van der Waals surface area contributed by atoms with Crippen LogP contribution in [0.1, 0.15) is 5.69 Å². The number of nitrogens with one attached hydrogen (secondary N) is 3. The molecular weight excluding hydrogens is 340 g/mol. The normalized spacial score (nSPS) is 11.3. The largest absolute Gasteiger partial charge is 0.347 e. The molecule has 0 radical (unpaired) electrons. The number of hydrogen-bond acceptors (Lipinski definition) is 4. The first-order valence-corrected chi connectivity index (χ1v) is 8.61. The maximum atomic E-state index is 13.2. The van der Waals surface area contributed by atoms with Crippen LogP contribution in [0.15, 0.2) is 71.9 Å². The molecule has 7 nitrogen and oxygen atoms in total. The van der Waals surface area contributed by atoms with Crippen LogP contribution in [0, 0.1) is 0 Å². The third kappa shape index (κ3) is 2.65. The summed E-state index contributed by atoms with van der Waals surface area (Å²) in [5, 5.41) is 0.949. The second kappa shape index (κ2) is 6.14. The fourth-order valence-electron chi connectivity index (χ4n) is 3.21. The highest BCUT2D eigenvalue weighted by Gasteiger charge is 2.14. The first-order valence-electron chi connectivity index (χ1n) is 8.61. The Morgan fingerprint density at radius 2 is 1.93 bits per heavy atom.